The first-order valence-corrected chi connectivity index (χ1v) is 7.20. The Labute approximate surface area is 108 Å². The van der Waals surface area contributed by atoms with Crippen LogP contribution >= 0.6 is 34.7 Å². The summed E-state index contributed by atoms with van der Waals surface area (Å²) in [6, 6.07) is 8.55. The molecule has 0 unspecified atom stereocenters. The van der Waals surface area contributed by atoms with E-state index in [9.17, 15) is 0 Å². The number of rotatable bonds is 4. The van der Waals surface area contributed by atoms with Crippen molar-refractivity contribution in [3.05, 3.63) is 44.9 Å². The summed E-state index contributed by atoms with van der Waals surface area (Å²) in [5.41, 5.74) is 2.65. The molecule has 1 aromatic heterocycles. The molecule has 1 heterocycles. The Morgan fingerprint density at radius 1 is 1.31 bits per heavy atom. The molecule has 0 amide bonds. The normalized spacial score (nSPS) is 10.6. The van der Waals surface area contributed by atoms with E-state index in [1.54, 1.807) is 0 Å². The first kappa shape index (κ1) is 11.9. The van der Waals surface area contributed by atoms with Gasteiger partial charge in [0, 0.05) is 11.5 Å². The molecule has 84 valence electrons. The SMILES string of the molecule is Cc1cccc(CSCc2nnc(Cl)s2)c1. The van der Waals surface area contributed by atoms with E-state index in [4.69, 9.17) is 11.6 Å². The third-order valence-corrected chi connectivity index (χ3v) is 4.24. The molecule has 0 aliphatic heterocycles. The largest absolute Gasteiger partial charge is 0.207 e. The van der Waals surface area contributed by atoms with Crippen LogP contribution in [0.4, 0.5) is 0 Å². The van der Waals surface area contributed by atoms with Crippen LogP contribution in [0, 0.1) is 6.92 Å². The van der Waals surface area contributed by atoms with Crippen LogP contribution in [0.15, 0.2) is 24.3 Å². The van der Waals surface area contributed by atoms with Crippen LogP contribution in [0.1, 0.15) is 16.1 Å². The molecule has 0 atom stereocenters. The Balaban J connectivity index is 1.84. The number of aromatic nitrogens is 2. The van der Waals surface area contributed by atoms with E-state index < -0.39 is 0 Å². The summed E-state index contributed by atoms with van der Waals surface area (Å²) in [5, 5.41) is 8.75. The topological polar surface area (TPSA) is 25.8 Å². The molecule has 0 aliphatic carbocycles. The fourth-order valence-electron chi connectivity index (χ4n) is 1.35. The fourth-order valence-corrected chi connectivity index (χ4v) is 3.25. The minimum absolute atomic E-state index is 0.520. The maximum Gasteiger partial charge on any atom is 0.207 e. The summed E-state index contributed by atoms with van der Waals surface area (Å²) in [5.74, 6) is 1.87. The molecule has 16 heavy (non-hydrogen) atoms. The lowest BCUT2D eigenvalue weighted by atomic mass is 10.2. The van der Waals surface area contributed by atoms with Crippen molar-refractivity contribution in [1.82, 2.24) is 10.2 Å². The van der Waals surface area contributed by atoms with E-state index >= 15 is 0 Å². The Kier molecular flexibility index (Phi) is 4.21. The van der Waals surface area contributed by atoms with Gasteiger partial charge in [-0.2, -0.15) is 0 Å². The zero-order chi connectivity index (χ0) is 11.4. The van der Waals surface area contributed by atoms with Gasteiger partial charge in [-0.25, -0.2) is 0 Å². The highest BCUT2D eigenvalue weighted by atomic mass is 35.5. The minimum Gasteiger partial charge on any atom is -0.150 e. The number of thioether (sulfide) groups is 1. The highest BCUT2D eigenvalue weighted by Gasteiger charge is 2.02. The lowest BCUT2D eigenvalue weighted by molar-refractivity contribution is 1.04. The smallest absolute Gasteiger partial charge is 0.150 e. The average molecular weight is 271 g/mol. The van der Waals surface area contributed by atoms with E-state index in [0.29, 0.717) is 4.47 Å². The minimum atomic E-state index is 0.520. The second-order valence-corrected chi connectivity index (χ2v) is 6.06. The Morgan fingerprint density at radius 3 is 2.88 bits per heavy atom. The standard InChI is InChI=1S/C11H11ClN2S2/c1-8-3-2-4-9(5-8)6-15-7-10-13-14-11(12)16-10/h2-5H,6-7H2,1H3. The molecule has 0 bridgehead atoms. The van der Waals surface area contributed by atoms with Gasteiger partial charge in [-0.05, 0) is 24.1 Å². The molecule has 0 N–H and O–H groups in total. The molecule has 0 saturated heterocycles. The molecule has 5 heteroatoms. The molecular weight excluding hydrogens is 260 g/mol. The molecule has 0 saturated carbocycles. The van der Waals surface area contributed by atoms with Gasteiger partial charge in [-0.3, -0.25) is 0 Å². The van der Waals surface area contributed by atoms with E-state index in [1.165, 1.54) is 22.5 Å². The summed E-state index contributed by atoms with van der Waals surface area (Å²) in [6.07, 6.45) is 0. The van der Waals surface area contributed by atoms with Crippen molar-refractivity contribution in [2.24, 2.45) is 0 Å². The number of nitrogens with zero attached hydrogens (tertiary/aromatic N) is 2. The van der Waals surface area contributed by atoms with E-state index in [1.807, 2.05) is 11.8 Å². The molecule has 2 nitrogen and oxygen atoms in total. The van der Waals surface area contributed by atoms with Crippen LogP contribution in [-0.2, 0) is 11.5 Å². The number of benzene rings is 1. The molecule has 0 fully saturated rings. The van der Waals surface area contributed by atoms with Crippen molar-refractivity contribution in [3.63, 3.8) is 0 Å². The van der Waals surface area contributed by atoms with Crippen LogP contribution in [0.25, 0.3) is 0 Å². The van der Waals surface area contributed by atoms with Crippen LogP contribution in [0.2, 0.25) is 4.47 Å². The van der Waals surface area contributed by atoms with Crippen LogP contribution in [0.5, 0.6) is 0 Å². The second-order valence-electron chi connectivity index (χ2n) is 3.43. The lowest BCUT2D eigenvalue weighted by Gasteiger charge is -2.00. The van der Waals surface area contributed by atoms with Crippen molar-refractivity contribution in [3.8, 4) is 0 Å². The fraction of sp³-hybridized carbons (Fsp3) is 0.273. The van der Waals surface area contributed by atoms with Gasteiger partial charge in [-0.1, -0.05) is 41.2 Å². The summed E-state index contributed by atoms with van der Waals surface area (Å²) in [4.78, 5) is 0. The van der Waals surface area contributed by atoms with E-state index in [-0.39, 0.29) is 0 Å². The number of aryl methyl sites for hydroxylation is 1. The monoisotopic (exact) mass is 270 g/mol. The van der Waals surface area contributed by atoms with Crippen molar-refractivity contribution in [2.45, 2.75) is 18.4 Å². The number of hydrogen-bond donors (Lipinski definition) is 0. The molecule has 1 aromatic carbocycles. The van der Waals surface area contributed by atoms with Gasteiger partial charge in [0.25, 0.3) is 0 Å². The van der Waals surface area contributed by atoms with Gasteiger partial charge < -0.3 is 0 Å². The highest BCUT2D eigenvalue weighted by molar-refractivity contribution is 7.97. The highest BCUT2D eigenvalue weighted by Crippen LogP contribution is 2.22. The Morgan fingerprint density at radius 2 is 2.19 bits per heavy atom. The lowest BCUT2D eigenvalue weighted by Crippen LogP contribution is -1.84. The van der Waals surface area contributed by atoms with E-state index in [2.05, 4.69) is 41.4 Å². The van der Waals surface area contributed by atoms with Gasteiger partial charge in [0.05, 0.1) is 0 Å². The van der Waals surface area contributed by atoms with Crippen LogP contribution in [0.3, 0.4) is 0 Å². The number of halogens is 1. The van der Waals surface area contributed by atoms with Gasteiger partial charge >= 0.3 is 0 Å². The van der Waals surface area contributed by atoms with Crippen molar-refractivity contribution < 1.29 is 0 Å². The van der Waals surface area contributed by atoms with Crippen molar-refractivity contribution in [2.75, 3.05) is 0 Å². The molecular formula is C11H11ClN2S2. The Hall–Kier alpha value is -0.580. The van der Waals surface area contributed by atoms with E-state index in [0.717, 1.165) is 16.5 Å². The van der Waals surface area contributed by atoms with Crippen molar-refractivity contribution >= 4 is 34.7 Å². The molecule has 2 aromatic rings. The van der Waals surface area contributed by atoms with Gasteiger partial charge in [0.2, 0.25) is 4.47 Å². The third-order valence-electron chi connectivity index (χ3n) is 2.02. The molecule has 0 radical (unpaired) electrons. The predicted molar refractivity (Wildman–Crippen MR) is 71.1 cm³/mol. The van der Waals surface area contributed by atoms with Gasteiger partial charge in [0.15, 0.2) is 0 Å². The van der Waals surface area contributed by atoms with Crippen LogP contribution in [-0.4, -0.2) is 10.2 Å². The summed E-state index contributed by atoms with van der Waals surface area (Å²) >= 11 is 8.99. The van der Waals surface area contributed by atoms with Gasteiger partial charge in [-0.15, -0.1) is 22.0 Å². The maximum atomic E-state index is 5.71. The summed E-state index contributed by atoms with van der Waals surface area (Å²) < 4.78 is 0.520. The number of hydrogen-bond acceptors (Lipinski definition) is 4. The molecule has 0 spiro atoms. The van der Waals surface area contributed by atoms with Gasteiger partial charge in [0.1, 0.15) is 5.01 Å². The molecule has 0 aliphatic rings. The zero-order valence-corrected chi connectivity index (χ0v) is 11.2. The average Bonchev–Trinajstić information content (AvgIpc) is 2.64. The Bertz CT molecular complexity index is 471. The van der Waals surface area contributed by atoms with Crippen molar-refractivity contribution in [1.29, 1.82) is 0 Å². The molecule has 2 rings (SSSR count). The van der Waals surface area contributed by atoms with Crippen LogP contribution < -0.4 is 0 Å². The first-order valence-electron chi connectivity index (χ1n) is 4.85. The zero-order valence-electron chi connectivity index (χ0n) is 8.81. The first-order chi connectivity index (χ1) is 7.74. The quantitative estimate of drug-likeness (QED) is 0.842. The predicted octanol–water partition coefficient (Wildman–Crippen LogP) is 3.93. The summed E-state index contributed by atoms with van der Waals surface area (Å²) in [7, 11) is 0. The second kappa shape index (κ2) is 5.66. The summed E-state index contributed by atoms with van der Waals surface area (Å²) in [6.45, 7) is 2.11. The maximum absolute atomic E-state index is 5.71. The third kappa shape index (κ3) is 3.47.